The van der Waals surface area contributed by atoms with Crippen molar-refractivity contribution in [1.82, 2.24) is 10.2 Å². The van der Waals surface area contributed by atoms with Crippen molar-refractivity contribution in [2.75, 3.05) is 27.2 Å². The van der Waals surface area contributed by atoms with E-state index in [1.807, 2.05) is 25.2 Å². The molecule has 0 heterocycles. The van der Waals surface area contributed by atoms with Crippen LogP contribution in [-0.2, 0) is 5.54 Å². The van der Waals surface area contributed by atoms with Gasteiger partial charge in [0.2, 0.25) is 0 Å². The van der Waals surface area contributed by atoms with Crippen LogP contribution in [0.25, 0.3) is 0 Å². The van der Waals surface area contributed by atoms with E-state index in [0.717, 1.165) is 18.1 Å². The molecule has 0 aromatic heterocycles. The van der Waals surface area contributed by atoms with Gasteiger partial charge < -0.3 is 5.32 Å². The molecule has 0 fully saturated rings. The number of nitrogens with zero attached hydrogens (tertiary/aromatic N) is 1. The number of nitrogens with one attached hydrogen (secondary N) is 1. The average molecular weight is 241 g/mol. The second-order valence-electron chi connectivity index (χ2n) is 4.56. The maximum atomic E-state index is 6.24. The Morgan fingerprint density at radius 3 is 2.50 bits per heavy atom. The van der Waals surface area contributed by atoms with Crippen molar-refractivity contribution in [3.63, 3.8) is 0 Å². The van der Waals surface area contributed by atoms with Gasteiger partial charge in [0, 0.05) is 23.7 Å². The van der Waals surface area contributed by atoms with Crippen LogP contribution in [-0.4, -0.2) is 32.1 Å². The zero-order valence-electron chi connectivity index (χ0n) is 10.5. The minimum atomic E-state index is -0.0464. The van der Waals surface area contributed by atoms with Crippen molar-refractivity contribution in [3.05, 3.63) is 34.9 Å². The van der Waals surface area contributed by atoms with Crippen molar-refractivity contribution in [2.45, 2.75) is 19.4 Å². The molecule has 0 radical (unpaired) electrons. The molecule has 0 aliphatic carbocycles. The molecule has 90 valence electrons. The Morgan fingerprint density at radius 1 is 1.31 bits per heavy atom. The molecular weight excluding hydrogens is 220 g/mol. The number of halogens is 1. The van der Waals surface area contributed by atoms with Crippen LogP contribution in [0.2, 0.25) is 5.02 Å². The van der Waals surface area contributed by atoms with Crippen LogP contribution < -0.4 is 5.32 Å². The molecule has 3 heteroatoms. The third-order valence-corrected chi connectivity index (χ3v) is 3.51. The third-order valence-electron chi connectivity index (χ3n) is 3.18. The highest BCUT2D eigenvalue weighted by Crippen LogP contribution is 2.31. The van der Waals surface area contributed by atoms with Gasteiger partial charge in [0.25, 0.3) is 0 Å². The molecule has 1 aromatic rings. The fourth-order valence-corrected chi connectivity index (χ4v) is 2.09. The first-order valence-electron chi connectivity index (χ1n) is 5.61. The van der Waals surface area contributed by atoms with Gasteiger partial charge in [-0.2, -0.15) is 0 Å². The standard InChI is InChI=1S/C13H21ClN2/c1-13(2,16(4)10-9-15-3)11-7-5-6-8-12(11)14/h5-8,15H,9-10H2,1-4H3. The van der Waals surface area contributed by atoms with Crippen LogP contribution in [0.5, 0.6) is 0 Å². The van der Waals surface area contributed by atoms with E-state index in [4.69, 9.17) is 11.6 Å². The van der Waals surface area contributed by atoms with E-state index in [0.29, 0.717) is 0 Å². The fourth-order valence-electron chi connectivity index (χ4n) is 1.72. The zero-order chi connectivity index (χ0) is 12.2. The van der Waals surface area contributed by atoms with Crippen molar-refractivity contribution in [3.8, 4) is 0 Å². The summed E-state index contributed by atoms with van der Waals surface area (Å²) in [6, 6.07) is 8.05. The van der Waals surface area contributed by atoms with Crippen molar-refractivity contribution in [2.24, 2.45) is 0 Å². The van der Waals surface area contributed by atoms with Crippen molar-refractivity contribution in [1.29, 1.82) is 0 Å². The number of hydrogen-bond donors (Lipinski definition) is 1. The predicted molar refractivity (Wildman–Crippen MR) is 71.0 cm³/mol. The van der Waals surface area contributed by atoms with Crippen LogP contribution in [0.15, 0.2) is 24.3 Å². The smallest absolute Gasteiger partial charge is 0.0456 e. The largest absolute Gasteiger partial charge is 0.318 e. The van der Waals surface area contributed by atoms with E-state index in [1.165, 1.54) is 5.56 Å². The van der Waals surface area contributed by atoms with Gasteiger partial charge in [-0.25, -0.2) is 0 Å². The Balaban J connectivity index is 2.88. The summed E-state index contributed by atoms with van der Waals surface area (Å²) in [6.07, 6.45) is 0. The van der Waals surface area contributed by atoms with E-state index in [1.54, 1.807) is 0 Å². The minimum Gasteiger partial charge on any atom is -0.318 e. The molecule has 0 aliphatic rings. The molecule has 0 atom stereocenters. The number of likely N-dealkylation sites (N-methyl/N-ethyl adjacent to an activating group) is 2. The Labute approximate surface area is 104 Å². The van der Waals surface area contributed by atoms with Crippen LogP contribution in [0.3, 0.4) is 0 Å². The highest BCUT2D eigenvalue weighted by atomic mass is 35.5. The van der Waals surface area contributed by atoms with E-state index < -0.39 is 0 Å². The maximum Gasteiger partial charge on any atom is 0.0456 e. The van der Waals surface area contributed by atoms with Crippen LogP contribution in [0.1, 0.15) is 19.4 Å². The highest BCUT2D eigenvalue weighted by molar-refractivity contribution is 6.31. The van der Waals surface area contributed by atoms with E-state index in [-0.39, 0.29) is 5.54 Å². The molecule has 0 aliphatic heterocycles. The Hall–Kier alpha value is -0.570. The number of benzene rings is 1. The first-order valence-corrected chi connectivity index (χ1v) is 5.98. The summed E-state index contributed by atoms with van der Waals surface area (Å²) in [5, 5.41) is 4.00. The van der Waals surface area contributed by atoms with Crippen LogP contribution in [0.4, 0.5) is 0 Å². The van der Waals surface area contributed by atoms with Crippen molar-refractivity contribution >= 4 is 11.6 Å². The summed E-state index contributed by atoms with van der Waals surface area (Å²) in [4.78, 5) is 2.31. The van der Waals surface area contributed by atoms with E-state index in [2.05, 4.69) is 37.2 Å². The Bertz CT molecular complexity index is 336. The molecule has 1 rings (SSSR count). The summed E-state index contributed by atoms with van der Waals surface area (Å²) in [5.74, 6) is 0. The average Bonchev–Trinajstić information content (AvgIpc) is 2.26. The lowest BCUT2D eigenvalue weighted by atomic mass is 9.92. The topological polar surface area (TPSA) is 15.3 Å². The van der Waals surface area contributed by atoms with E-state index in [9.17, 15) is 0 Å². The zero-order valence-corrected chi connectivity index (χ0v) is 11.3. The lowest BCUT2D eigenvalue weighted by Crippen LogP contribution is -2.41. The van der Waals surface area contributed by atoms with E-state index >= 15 is 0 Å². The van der Waals surface area contributed by atoms with Gasteiger partial charge in [-0.05, 0) is 39.6 Å². The lowest BCUT2D eigenvalue weighted by Gasteiger charge is -2.36. The van der Waals surface area contributed by atoms with Gasteiger partial charge in [-0.1, -0.05) is 29.8 Å². The minimum absolute atomic E-state index is 0.0464. The summed E-state index contributed by atoms with van der Waals surface area (Å²) in [5.41, 5.74) is 1.13. The molecule has 16 heavy (non-hydrogen) atoms. The lowest BCUT2D eigenvalue weighted by molar-refractivity contribution is 0.158. The first kappa shape index (κ1) is 13.5. The molecule has 0 saturated heterocycles. The van der Waals surface area contributed by atoms with Gasteiger partial charge in [0.15, 0.2) is 0 Å². The summed E-state index contributed by atoms with van der Waals surface area (Å²) < 4.78 is 0. The fraction of sp³-hybridized carbons (Fsp3) is 0.538. The molecule has 0 unspecified atom stereocenters. The quantitative estimate of drug-likeness (QED) is 0.852. The molecular formula is C13H21ClN2. The molecule has 2 nitrogen and oxygen atoms in total. The second-order valence-corrected chi connectivity index (χ2v) is 4.97. The van der Waals surface area contributed by atoms with Crippen molar-refractivity contribution < 1.29 is 0 Å². The van der Waals surface area contributed by atoms with Gasteiger partial charge in [0.05, 0.1) is 0 Å². The molecule has 0 saturated carbocycles. The number of rotatable bonds is 5. The predicted octanol–water partition coefficient (Wildman–Crippen LogP) is 2.73. The van der Waals surface area contributed by atoms with Gasteiger partial charge in [-0.3, -0.25) is 4.90 Å². The Kier molecular flexibility index (Phi) is 4.78. The monoisotopic (exact) mass is 240 g/mol. The normalized spacial score (nSPS) is 12.1. The van der Waals surface area contributed by atoms with Crippen LogP contribution >= 0.6 is 11.6 Å². The molecule has 0 bridgehead atoms. The van der Waals surface area contributed by atoms with Crippen LogP contribution in [0, 0.1) is 0 Å². The van der Waals surface area contributed by atoms with Gasteiger partial charge in [0.1, 0.15) is 0 Å². The SMILES string of the molecule is CNCCN(C)C(C)(C)c1ccccc1Cl. The van der Waals surface area contributed by atoms with Gasteiger partial charge in [-0.15, -0.1) is 0 Å². The first-order chi connectivity index (χ1) is 7.50. The van der Waals surface area contributed by atoms with Gasteiger partial charge >= 0.3 is 0 Å². The summed E-state index contributed by atoms with van der Waals surface area (Å²) in [6.45, 7) is 6.37. The second kappa shape index (κ2) is 5.67. The third kappa shape index (κ3) is 2.97. The summed E-state index contributed by atoms with van der Waals surface area (Å²) >= 11 is 6.24. The highest BCUT2D eigenvalue weighted by Gasteiger charge is 2.27. The molecule has 1 N–H and O–H groups in total. The maximum absolute atomic E-state index is 6.24. The summed E-state index contributed by atoms with van der Waals surface area (Å²) in [7, 11) is 4.09. The Morgan fingerprint density at radius 2 is 1.94 bits per heavy atom. The molecule has 0 spiro atoms. The molecule has 0 amide bonds. The number of hydrogen-bond acceptors (Lipinski definition) is 2. The molecule has 1 aromatic carbocycles.